The van der Waals surface area contributed by atoms with Gasteiger partial charge in [-0.15, -0.1) is 0 Å². The SMILES string of the molecule is NS(=O)(=O)C1=CCC2=NC=CC2=C1. The minimum atomic E-state index is -3.57. The number of aliphatic imine (C=N–C) groups is 1. The molecule has 0 atom stereocenters. The number of sulfonamides is 1. The van der Waals surface area contributed by atoms with Gasteiger partial charge >= 0.3 is 0 Å². The van der Waals surface area contributed by atoms with Gasteiger partial charge in [-0.25, -0.2) is 13.6 Å². The fourth-order valence-corrected chi connectivity index (χ4v) is 1.89. The highest BCUT2D eigenvalue weighted by Gasteiger charge is 2.18. The summed E-state index contributed by atoms with van der Waals surface area (Å²) in [5.74, 6) is 0. The summed E-state index contributed by atoms with van der Waals surface area (Å²) in [6.07, 6.45) is 7.07. The molecule has 0 aromatic carbocycles. The molecule has 2 rings (SSSR count). The van der Waals surface area contributed by atoms with Gasteiger partial charge in [-0.2, -0.15) is 0 Å². The Morgan fingerprint density at radius 3 is 2.92 bits per heavy atom. The van der Waals surface area contributed by atoms with Gasteiger partial charge in [0, 0.05) is 12.6 Å². The molecule has 0 aromatic heterocycles. The number of nitrogens with two attached hydrogens (primary N) is 1. The molecule has 1 heterocycles. The Bertz CT molecular complexity index is 466. The molecule has 1 aliphatic heterocycles. The zero-order chi connectivity index (χ0) is 9.47. The van der Waals surface area contributed by atoms with Crippen LogP contribution in [0.15, 0.2) is 39.9 Å². The van der Waals surface area contributed by atoms with Crippen molar-refractivity contribution < 1.29 is 8.42 Å². The van der Waals surface area contributed by atoms with Crippen LogP contribution in [0.2, 0.25) is 0 Å². The minimum Gasteiger partial charge on any atom is -0.260 e. The third-order valence-electron chi connectivity index (χ3n) is 1.94. The number of fused-ring (bicyclic) bond motifs is 1. The zero-order valence-electron chi connectivity index (χ0n) is 6.77. The molecule has 0 amide bonds. The molecule has 0 fully saturated rings. The van der Waals surface area contributed by atoms with E-state index in [1.165, 1.54) is 0 Å². The Balaban J connectivity index is 2.44. The Hall–Kier alpha value is -1.20. The van der Waals surface area contributed by atoms with E-state index in [0.717, 1.165) is 11.3 Å². The van der Waals surface area contributed by atoms with Gasteiger partial charge in [-0.05, 0) is 17.7 Å². The van der Waals surface area contributed by atoms with Crippen LogP contribution in [0.5, 0.6) is 0 Å². The Labute approximate surface area is 76.2 Å². The smallest absolute Gasteiger partial charge is 0.237 e. The van der Waals surface area contributed by atoms with E-state index >= 15 is 0 Å². The summed E-state index contributed by atoms with van der Waals surface area (Å²) in [7, 11) is -3.57. The van der Waals surface area contributed by atoms with Crippen LogP contribution in [0, 0.1) is 0 Å². The van der Waals surface area contributed by atoms with Crippen molar-refractivity contribution in [3.05, 3.63) is 34.9 Å². The number of hydrogen-bond donors (Lipinski definition) is 1. The van der Waals surface area contributed by atoms with Crippen molar-refractivity contribution >= 4 is 15.7 Å². The third-order valence-corrected chi connectivity index (χ3v) is 2.88. The maximum absolute atomic E-state index is 11.0. The van der Waals surface area contributed by atoms with Gasteiger partial charge in [0.25, 0.3) is 0 Å². The van der Waals surface area contributed by atoms with Gasteiger partial charge in [0.05, 0.1) is 10.6 Å². The molecule has 13 heavy (non-hydrogen) atoms. The van der Waals surface area contributed by atoms with Gasteiger partial charge in [0.1, 0.15) is 0 Å². The summed E-state index contributed by atoms with van der Waals surface area (Å²) < 4.78 is 22.0. The predicted octanol–water partition coefficient (Wildman–Crippen LogP) is 0.457. The molecule has 0 aromatic rings. The van der Waals surface area contributed by atoms with E-state index in [4.69, 9.17) is 5.14 Å². The molecule has 4 nitrogen and oxygen atoms in total. The first-order valence-corrected chi connectivity index (χ1v) is 5.30. The molecule has 5 heteroatoms. The number of allylic oxidation sites excluding steroid dienone is 4. The van der Waals surface area contributed by atoms with Crippen LogP contribution < -0.4 is 5.14 Å². The molecule has 68 valence electrons. The van der Waals surface area contributed by atoms with Gasteiger partial charge in [-0.3, -0.25) is 4.99 Å². The maximum atomic E-state index is 11.0. The molecule has 2 N–H and O–H groups in total. The highest BCUT2D eigenvalue weighted by atomic mass is 32.2. The van der Waals surface area contributed by atoms with Gasteiger partial charge in [0.15, 0.2) is 0 Å². The lowest BCUT2D eigenvalue weighted by Crippen LogP contribution is -2.16. The van der Waals surface area contributed by atoms with Crippen LogP contribution in [-0.4, -0.2) is 14.1 Å². The summed E-state index contributed by atoms with van der Waals surface area (Å²) in [4.78, 5) is 4.24. The molecule has 0 saturated carbocycles. The average molecular weight is 196 g/mol. The summed E-state index contributed by atoms with van der Waals surface area (Å²) in [6.45, 7) is 0. The summed E-state index contributed by atoms with van der Waals surface area (Å²) >= 11 is 0. The fraction of sp³-hybridized carbons (Fsp3) is 0.125. The van der Waals surface area contributed by atoms with E-state index < -0.39 is 10.0 Å². The molecular weight excluding hydrogens is 188 g/mol. The molecule has 0 spiro atoms. The van der Waals surface area contributed by atoms with Gasteiger partial charge in [0.2, 0.25) is 10.0 Å². The quantitative estimate of drug-likeness (QED) is 0.661. The molecule has 0 unspecified atom stereocenters. The number of rotatable bonds is 1. The van der Waals surface area contributed by atoms with Crippen LogP contribution in [0.25, 0.3) is 0 Å². The topological polar surface area (TPSA) is 72.5 Å². The van der Waals surface area contributed by atoms with Crippen molar-refractivity contribution in [2.24, 2.45) is 10.1 Å². The second-order valence-electron chi connectivity index (χ2n) is 2.85. The Morgan fingerprint density at radius 2 is 2.23 bits per heavy atom. The van der Waals surface area contributed by atoms with Gasteiger partial charge < -0.3 is 0 Å². The highest BCUT2D eigenvalue weighted by Crippen LogP contribution is 2.22. The number of primary sulfonamides is 1. The van der Waals surface area contributed by atoms with E-state index in [9.17, 15) is 8.42 Å². The van der Waals surface area contributed by atoms with E-state index in [0.29, 0.717) is 6.42 Å². The molecule has 1 aliphatic carbocycles. The Morgan fingerprint density at radius 1 is 1.46 bits per heavy atom. The van der Waals surface area contributed by atoms with Crippen LogP contribution in [0.1, 0.15) is 6.42 Å². The van der Waals surface area contributed by atoms with Crippen LogP contribution in [-0.2, 0) is 10.0 Å². The summed E-state index contributed by atoms with van der Waals surface area (Å²) in [5.41, 5.74) is 1.74. The maximum Gasteiger partial charge on any atom is 0.237 e. The third kappa shape index (κ3) is 1.48. The molecule has 0 bridgehead atoms. The lowest BCUT2D eigenvalue weighted by molar-refractivity contribution is 0.604. The van der Waals surface area contributed by atoms with E-state index in [1.807, 2.05) is 0 Å². The average Bonchev–Trinajstić information content (AvgIpc) is 2.47. The Kier molecular flexibility index (Phi) is 1.71. The normalized spacial score (nSPS) is 20.5. The summed E-state index contributed by atoms with van der Waals surface area (Å²) in [5, 5.41) is 4.99. The first-order chi connectivity index (χ1) is 6.07. The standard InChI is InChI=1S/C8H8N2O2S/c9-13(11,12)7-1-2-8-6(5-7)3-4-10-8/h1,3-5H,2H2,(H2,9,11,12). The van der Waals surface area contributed by atoms with E-state index in [1.54, 1.807) is 24.4 Å². The zero-order valence-corrected chi connectivity index (χ0v) is 7.58. The second kappa shape index (κ2) is 2.65. The van der Waals surface area contributed by atoms with E-state index in [-0.39, 0.29) is 4.91 Å². The van der Waals surface area contributed by atoms with Crippen molar-refractivity contribution in [2.45, 2.75) is 6.42 Å². The highest BCUT2D eigenvalue weighted by molar-refractivity contribution is 7.93. The predicted molar refractivity (Wildman–Crippen MR) is 50.5 cm³/mol. The monoisotopic (exact) mass is 196 g/mol. The van der Waals surface area contributed by atoms with Crippen LogP contribution >= 0.6 is 0 Å². The second-order valence-corrected chi connectivity index (χ2v) is 4.41. The van der Waals surface area contributed by atoms with Crippen molar-refractivity contribution in [1.82, 2.24) is 0 Å². The van der Waals surface area contributed by atoms with Crippen molar-refractivity contribution in [3.63, 3.8) is 0 Å². The van der Waals surface area contributed by atoms with Crippen molar-refractivity contribution in [1.29, 1.82) is 0 Å². The molecule has 2 aliphatic rings. The fourth-order valence-electron chi connectivity index (χ4n) is 1.29. The lowest BCUT2D eigenvalue weighted by Gasteiger charge is -2.08. The molecule has 0 saturated heterocycles. The molecule has 0 radical (unpaired) electrons. The minimum absolute atomic E-state index is 0.174. The first-order valence-electron chi connectivity index (χ1n) is 3.75. The van der Waals surface area contributed by atoms with E-state index in [2.05, 4.69) is 4.99 Å². The van der Waals surface area contributed by atoms with Gasteiger partial charge in [-0.1, -0.05) is 6.08 Å². The number of nitrogens with zero attached hydrogens (tertiary/aromatic N) is 1. The lowest BCUT2D eigenvalue weighted by atomic mass is 10.0. The van der Waals surface area contributed by atoms with Crippen molar-refractivity contribution in [3.8, 4) is 0 Å². The van der Waals surface area contributed by atoms with Crippen LogP contribution in [0.3, 0.4) is 0 Å². The first kappa shape index (κ1) is 8.40. The van der Waals surface area contributed by atoms with Crippen molar-refractivity contribution in [2.75, 3.05) is 0 Å². The van der Waals surface area contributed by atoms with Crippen LogP contribution in [0.4, 0.5) is 0 Å². The number of hydrogen-bond acceptors (Lipinski definition) is 3. The summed E-state index contributed by atoms with van der Waals surface area (Å²) in [6, 6.07) is 0. The molecular formula is C8H8N2O2S. The largest absolute Gasteiger partial charge is 0.260 e.